The molecule has 2 aromatic rings. The highest BCUT2D eigenvalue weighted by Gasteiger charge is 2.35. The summed E-state index contributed by atoms with van der Waals surface area (Å²) in [6.07, 6.45) is 0.133. The summed E-state index contributed by atoms with van der Waals surface area (Å²) in [5.74, 6) is -0.849. The number of amides is 2. The van der Waals surface area contributed by atoms with Gasteiger partial charge in [-0.2, -0.15) is 0 Å². The molecule has 1 unspecified atom stereocenters. The first-order chi connectivity index (χ1) is 12.6. The molecule has 0 bridgehead atoms. The predicted octanol–water partition coefficient (Wildman–Crippen LogP) is 1.94. The van der Waals surface area contributed by atoms with Crippen LogP contribution in [-0.2, 0) is 19.6 Å². The van der Waals surface area contributed by atoms with E-state index in [0.717, 1.165) is 16.8 Å². The van der Waals surface area contributed by atoms with Crippen molar-refractivity contribution in [2.45, 2.75) is 25.2 Å². The van der Waals surface area contributed by atoms with Crippen LogP contribution >= 0.6 is 0 Å². The first-order valence-corrected chi connectivity index (χ1v) is 10.0. The van der Waals surface area contributed by atoms with Gasteiger partial charge in [0, 0.05) is 24.3 Å². The maximum absolute atomic E-state index is 12.5. The molecule has 0 spiro atoms. The SMILES string of the molecule is Cc1ccc(N2CC(C(=O)Nc3ccc(S(N)(=O)=O)cc3)CC2=O)cc1C. The Kier molecular flexibility index (Phi) is 5.03. The number of sulfonamides is 1. The Hall–Kier alpha value is -2.71. The van der Waals surface area contributed by atoms with Crippen molar-refractivity contribution in [3.8, 4) is 0 Å². The largest absolute Gasteiger partial charge is 0.326 e. The lowest BCUT2D eigenvalue weighted by Crippen LogP contribution is -2.28. The van der Waals surface area contributed by atoms with Crippen LogP contribution in [0.5, 0.6) is 0 Å². The van der Waals surface area contributed by atoms with E-state index in [-0.39, 0.29) is 23.1 Å². The molecular weight excluding hydrogens is 366 g/mol. The topological polar surface area (TPSA) is 110 Å². The van der Waals surface area contributed by atoms with E-state index in [9.17, 15) is 18.0 Å². The molecule has 1 atom stereocenters. The van der Waals surface area contributed by atoms with Crippen LogP contribution in [0.3, 0.4) is 0 Å². The molecule has 142 valence electrons. The minimum Gasteiger partial charge on any atom is -0.326 e. The van der Waals surface area contributed by atoms with E-state index < -0.39 is 15.9 Å². The lowest BCUT2D eigenvalue weighted by molar-refractivity contribution is -0.122. The van der Waals surface area contributed by atoms with E-state index in [1.807, 2.05) is 32.0 Å². The van der Waals surface area contributed by atoms with Gasteiger partial charge in [0.15, 0.2) is 0 Å². The van der Waals surface area contributed by atoms with Gasteiger partial charge >= 0.3 is 0 Å². The minimum absolute atomic E-state index is 0.0301. The normalized spacial score (nSPS) is 17.2. The fourth-order valence-corrected chi connectivity index (χ4v) is 3.51. The highest BCUT2D eigenvalue weighted by atomic mass is 32.2. The molecule has 1 aliphatic rings. The highest BCUT2D eigenvalue weighted by molar-refractivity contribution is 7.89. The number of benzene rings is 2. The van der Waals surface area contributed by atoms with Gasteiger partial charge in [-0.05, 0) is 61.4 Å². The molecule has 1 saturated heterocycles. The average molecular weight is 387 g/mol. The molecule has 3 N–H and O–H groups in total. The van der Waals surface area contributed by atoms with Crippen LogP contribution in [0.15, 0.2) is 47.4 Å². The zero-order valence-electron chi connectivity index (χ0n) is 15.1. The third-order valence-electron chi connectivity index (χ3n) is 4.75. The van der Waals surface area contributed by atoms with E-state index in [1.165, 1.54) is 24.3 Å². The smallest absolute Gasteiger partial charge is 0.238 e. The Morgan fingerprint density at radius 3 is 2.37 bits per heavy atom. The average Bonchev–Trinajstić information content (AvgIpc) is 2.99. The quantitative estimate of drug-likeness (QED) is 0.835. The van der Waals surface area contributed by atoms with Gasteiger partial charge in [0.2, 0.25) is 21.8 Å². The second kappa shape index (κ2) is 7.13. The van der Waals surface area contributed by atoms with Gasteiger partial charge in [0.1, 0.15) is 0 Å². The van der Waals surface area contributed by atoms with Gasteiger partial charge in [-0.1, -0.05) is 6.07 Å². The second-order valence-electron chi connectivity index (χ2n) is 6.73. The first kappa shape index (κ1) is 19.1. The molecule has 3 rings (SSSR count). The molecule has 2 amide bonds. The van der Waals surface area contributed by atoms with Gasteiger partial charge in [0.05, 0.1) is 10.8 Å². The van der Waals surface area contributed by atoms with Crippen LogP contribution in [0.1, 0.15) is 17.5 Å². The van der Waals surface area contributed by atoms with Crippen molar-refractivity contribution in [3.05, 3.63) is 53.6 Å². The number of carbonyl (C=O) groups excluding carboxylic acids is 2. The molecule has 0 radical (unpaired) electrons. The van der Waals surface area contributed by atoms with Crippen LogP contribution in [0.2, 0.25) is 0 Å². The van der Waals surface area contributed by atoms with Crippen LogP contribution in [0.4, 0.5) is 11.4 Å². The zero-order chi connectivity index (χ0) is 19.8. The first-order valence-electron chi connectivity index (χ1n) is 8.46. The van der Waals surface area contributed by atoms with E-state index in [1.54, 1.807) is 4.90 Å². The van der Waals surface area contributed by atoms with Crippen molar-refractivity contribution in [2.75, 3.05) is 16.8 Å². The highest BCUT2D eigenvalue weighted by Crippen LogP contribution is 2.27. The fourth-order valence-electron chi connectivity index (χ4n) is 3.00. The molecule has 0 aromatic heterocycles. The molecule has 27 heavy (non-hydrogen) atoms. The third-order valence-corrected chi connectivity index (χ3v) is 5.68. The van der Waals surface area contributed by atoms with Crippen molar-refractivity contribution in [2.24, 2.45) is 11.1 Å². The molecular formula is C19H21N3O4S. The summed E-state index contributed by atoms with van der Waals surface area (Å²) in [6.45, 7) is 4.29. The number of anilines is 2. The van der Waals surface area contributed by atoms with Gasteiger partial charge in [-0.3, -0.25) is 9.59 Å². The summed E-state index contributed by atoms with van der Waals surface area (Å²) in [5.41, 5.74) is 3.46. The molecule has 8 heteroatoms. The number of nitrogens with two attached hydrogens (primary N) is 1. The van der Waals surface area contributed by atoms with Gasteiger partial charge in [-0.15, -0.1) is 0 Å². The minimum atomic E-state index is -3.78. The molecule has 1 heterocycles. The lowest BCUT2D eigenvalue weighted by atomic mass is 10.1. The van der Waals surface area contributed by atoms with E-state index >= 15 is 0 Å². The Bertz CT molecular complexity index is 1000. The standard InChI is InChI=1S/C19H21N3O4S/c1-12-3-6-16(9-13(12)2)22-11-14(10-18(22)23)19(24)21-15-4-7-17(8-5-15)27(20,25)26/h3-9,14H,10-11H2,1-2H3,(H,21,24)(H2,20,25,26). The van der Waals surface area contributed by atoms with Crippen molar-refractivity contribution in [1.29, 1.82) is 0 Å². The van der Waals surface area contributed by atoms with Gasteiger partial charge in [-0.25, -0.2) is 13.6 Å². The van der Waals surface area contributed by atoms with Crippen LogP contribution in [0, 0.1) is 19.8 Å². The van der Waals surface area contributed by atoms with Crippen molar-refractivity contribution in [3.63, 3.8) is 0 Å². The number of carbonyl (C=O) groups is 2. The number of nitrogens with one attached hydrogen (secondary N) is 1. The predicted molar refractivity (Wildman–Crippen MR) is 103 cm³/mol. The molecule has 7 nitrogen and oxygen atoms in total. The summed E-state index contributed by atoms with van der Waals surface area (Å²) in [5, 5.41) is 7.78. The molecule has 2 aromatic carbocycles. The van der Waals surface area contributed by atoms with Gasteiger partial charge in [0.25, 0.3) is 0 Å². The second-order valence-corrected chi connectivity index (χ2v) is 8.29. The number of primary sulfonamides is 1. The number of rotatable bonds is 4. The summed E-state index contributed by atoms with van der Waals surface area (Å²) in [6, 6.07) is 11.4. The Balaban J connectivity index is 1.69. The lowest BCUT2D eigenvalue weighted by Gasteiger charge is -2.18. The number of hydrogen-bond acceptors (Lipinski definition) is 4. The maximum atomic E-state index is 12.5. The summed E-state index contributed by atoms with van der Waals surface area (Å²) in [7, 11) is -3.78. The number of nitrogens with zero attached hydrogens (tertiary/aromatic N) is 1. The maximum Gasteiger partial charge on any atom is 0.238 e. The Morgan fingerprint density at radius 2 is 1.78 bits per heavy atom. The zero-order valence-corrected chi connectivity index (χ0v) is 15.9. The van der Waals surface area contributed by atoms with E-state index in [4.69, 9.17) is 5.14 Å². The third kappa shape index (κ3) is 4.17. The molecule has 1 aliphatic heterocycles. The van der Waals surface area contributed by atoms with Gasteiger partial charge < -0.3 is 10.2 Å². The Morgan fingerprint density at radius 1 is 1.11 bits per heavy atom. The van der Waals surface area contributed by atoms with Crippen LogP contribution in [0.25, 0.3) is 0 Å². The summed E-state index contributed by atoms with van der Waals surface area (Å²) < 4.78 is 22.5. The number of hydrogen-bond donors (Lipinski definition) is 2. The molecule has 0 saturated carbocycles. The van der Waals surface area contributed by atoms with Crippen molar-refractivity contribution >= 4 is 33.2 Å². The molecule has 1 fully saturated rings. The Labute approximate surface area is 158 Å². The van der Waals surface area contributed by atoms with Crippen LogP contribution in [-0.4, -0.2) is 26.8 Å². The summed E-state index contributed by atoms with van der Waals surface area (Å²) in [4.78, 5) is 26.5. The fraction of sp³-hybridized carbons (Fsp3) is 0.263. The van der Waals surface area contributed by atoms with Crippen molar-refractivity contribution in [1.82, 2.24) is 0 Å². The van der Waals surface area contributed by atoms with Crippen LogP contribution < -0.4 is 15.4 Å². The summed E-state index contributed by atoms with van der Waals surface area (Å²) >= 11 is 0. The van der Waals surface area contributed by atoms with E-state index in [2.05, 4.69) is 5.32 Å². The number of aryl methyl sites for hydroxylation is 2. The monoisotopic (exact) mass is 387 g/mol. The molecule has 0 aliphatic carbocycles. The van der Waals surface area contributed by atoms with Crippen molar-refractivity contribution < 1.29 is 18.0 Å². The van der Waals surface area contributed by atoms with E-state index in [0.29, 0.717) is 12.2 Å².